The lowest BCUT2D eigenvalue weighted by Crippen LogP contribution is -2.45. The van der Waals surface area contributed by atoms with Crippen molar-refractivity contribution in [2.75, 3.05) is 40.4 Å². The Balaban J connectivity index is 2.37. The van der Waals surface area contributed by atoms with Gasteiger partial charge in [-0.05, 0) is 34.5 Å². The van der Waals surface area contributed by atoms with Gasteiger partial charge in [0.05, 0.1) is 18.7 Å². The molecule has 1 aromatic rings. The van der Waals surface area contributed by atoms with E-state index >= 15 is 0 Å². The molecular formula is C16H25BrN2O2. The standard InChI is InChI=1S/C16H25BrN2O2/c1-4-5-14(19-8-6-18-7-9-19)12-10-16(21-3)13(17)11-15(12)20-2/h10-11,14,18H,4-9H2,1-3H3/t14-/m0/s1. The van der Waals surface area contributed by atoms with Gasteiger partial charge in [-0.15, -0.1) is 0 Å². The Hall–Kier alpha value is -0.780. The Morgan fingerprint density at radius 1 is 1.19 bits per heavy atom. The molecule has 1 fully saturated rings. The number of piperazine rings is 1. The summed E-state index contributed by atoms with van der Waals surface area (Å²) in [6, 6.07) is 4.51. The van der Waals surface area contributed by atoms with Gasteiger partial charge in [-0.2, -0.15) is 0 Å². The molecule has 118 valence electrons. The van der Waals surface area contributed by atoms with Crippen LogP contribution < -0.4 is 14.8 Å². The summed E-state index contributed by atoms with van der Waals surface area (Å²) in [5, 5.41) is 3.42. The minimum Gasteiger partial charge on any atom is -0.496 e. The summed E-state index contributed by atoms with van der Waals surface area (Å²) >= 11 is 3.54. The van der Waals surface area contributed by atoms with Gasteiger partial charge in [0.15, 0.2) is 0 Å². The lowest BCUT2D eigenvalue weighted by molar-refractivity contribution is 0.161. The van der Waals surface area contributed by atoms with Crippen LogP contribution in [0.15, 0.2) is 16.6 Å². The quantitative estimate of drug-likeness (QED) is 0.848. The first-order valence-electron chi connectivity index (χ1n) is 7.57. The highest BCUT2D eigenvalue weighted by Gasteiger charge is 2.25. The molecule has 0 aromatic heterocycles. The van der Waals surface area contributed by atoms with Crippen LogP contribution in [-0.2, 0) is 0 Å². The van der Waals surface area contributed by atoms with E-state index in [1.54, 1.807) is 14.2 Å². The molecule has 0 unspecified atom stereocenters. The second-order valence-corrected chi connectivity index (χ2v) is 6.17. The predicted molar refractivity (Wildman–Crippen MR) is 89.3 cm³/mol. The Bertz CT molecular complexity index is 462. The molecule has 0 saturated carbocycles. The van der Waals surface area contributed by atoms with Crippen LogP contribution in [-0.4, -0.2) is 45.3 Å². The van der Waals surface area contributed by atoms with Gasteiger partial charge >= 0.3 is 0 Å². The molecule has 4 nitrogen and oxygen atoms in total. The summed E-state index contributed by atoms with van der Waals surface area (Å²) in [5.74, 6) is 1.79. The van der Waals surface area contributed by atoms with Crippen LogP contribution in [0.25, 0.3) is 0 Å². The summed E-state index contributed by atoms with van der Waals surface area (Å²) in [5.41, 5.74) is 1.22. The average Bonchev–Trinajstić information content (AvgIpc) is 2.53. The smallest absolute Gasteiger partial charge is 0.133 e. The Labute approximate surface area is 135 Å². The number of ether oxygens (including phenoxy) is 2. The molecule has 5 heteroatoms. The van der Waals surface area contributed by atoms with Gasteiger partial charge in [0, 0.05) is 37.8 Å². The molecule has 2 rings (SSSR count). The third-order valence-corrected chi connectivity index (χ3v) is 4.64. The van der Waals surface area contributed by atoms with E-state index in [0.29, 0.717) is 6.04 Å². The molecule has 1 heterocycles. The van der Waals surface area contributed by atoms with Crippen LogP contribution in [0.3, 0.4) is 0 Å². The maximum absolute atomic E-state index is 5.62. The van der Waals surface area contributed by atoms with Crippen molar-refractivity contribution >= 4 is 15.9 Å². The van der Waals surface area contributed by atoms with E-state index in [0.717, 1.165) is 55.0 Å². The Morgan fingerprint density at radius 3 is 2.43 bits per heavy atom. The predicted octanol–water partition coefficient (Wildman–Crippen LogP) is 3.21. The molecule has 0 amide bonds. The summed E-state index contributed by atoms with van der Waals surface area (Å²) < 4.78 is 12.0. The third kappa shape index (κ3) is 3.90. The number of hydrogen-bond acceptors (Lipinski definition) is 4. The largest absolute Gasteiger partial charge is 0.496 e. The van der Waals surface area contributed by atoms with Gasteiger partial charge in [-0.1, -0.05) is 13.3 Å². The van der Waals surface area contributed by atoms with Crippen molar-refractivity contribution in [3.8, 4) is 11.5 Å². The Morgan fingerprint density at radius 2 is 1.86 bits per heavy atom. The van der Waals surface area contributed by atoms with E-state index in [4.69, 9.17) is 9.47 Å². The molecule has 0 bridgehead atoms. The highest BCUT2D eigenvalue weighted by molar-refractivity contribution is 9.10. The molecule has 0 radical (unpaired) electrons. The van der Waals surface area contributed by atoms with Crippen LogP contribution >= 0.6 is 15.9 Å². The van der Waals surface area contributed by atoms with Crippen molar-refractivity contribution in [2.24, 2.45) is 0 Å². The third-order valence-electron chi connectivity index (χ3n) is 4.02. The monoisotopic (exact) mass is 356 g/mol. The zero-order valence-corrected chi connectivity index (χ0v) is 14.7. The number of nitrogens with one attached hydrogen (secondary N) is 1. The fourth-order valence-corrected chi connectivity index (χ4v) is 3.43. The topological polar surface area (TPSA) is 33.7 Å². The second-order valence-electron chi connectivity index (χ2n) is 5.32. The first-order valence-corrected chi connectivity index (χ1v) is 8.36. The summed E-state index contributed by atoms with van der Waals surface area (Å²) in [6.07, 6.45) is 2.28. The van der Waals surface area contributed by atoms with Gasteiger partial charge in [0.1, 0.15) is 11.5 Å². The maximum Gasteiger partial charge on any atom is 0.133 e. The van der Waals surface area contributed by atoms with Crippen molar-refractivity contribution in [1.29, 1.82) is 0 Å². The number of halogens is 1. The first-order chi connectivity index (χ1) is 10.2. The molecule has 1 aromatic carbocycles. The van der Waals surface area contributed by atoms with Crippen molar-refractivity contribution in [1.82, 2.24) is 10.2 Å². The molecule has 1 saturated heterocycles. The minimum absolute atomic E-state index is 0.383. The molecular weight excluding hydrogens is 332 g/mol. The van der Waals surface area contributed by atoms with Crippen molar-refractivity contribution in [2.45, 2.75) is 25.8 Å². The summed E-state index contributed by atoms with van der Waals surface area (Å²) in [7, 11) is 3.44. The van der Waals surface area contributed by atoms with Crippen molar-refractivity contribution < 1.29 is 9.47 Å². The van der Waals surface area contributed by atoms with Gasteiger partial charge in [0.25, 0.3) is 0 Å². The Kier molecular flexibility index (Phi) is 6.33. The van der Waals surface area contributed by atoms with Crippen LogP contribution in [0.4, 0.5) is 0 Å². The van der Waals surface area contributed by atoms with E-state index < -0.39 is 0 Å². The zero-order chi connectivity index (χ0) is 15.2. The van der Waals surface area contributed by atoms with E-state index in [1.807, 2.05) is 6.07 Å². The second kappa shape index (κ2) is 8.01. The van der Waals surface area contributed by atoms with Gasteiger partial charge in [-0.25, -0.2) is 0 Å². The van der Waals surface area contributed by atoms with Crippen molar-refractivity contribution in [3.05, 3.63) is 22.2 Å². The van der Waals surface area contributed by atoms with E-state index in [2.05, 4.69) is 39.1 Å². The maximum atomic E-state index is 5.62. The van der Waals surface area contributed by atoms with E-state index in [1.165, 1.54) is 5.56 Å². The molecule has 1 atom stereocenters. The molecule has 1 N–H and O–H groups in total. The highest BCUT2D eigenvalue weighted by atomic mass is 79.9. The highest BCUT2D eigenvalue weighted by Crippen LogP contribution is 2.39. The molecule has 21 heavy (non-hydrogen) atoms. The zero-order valence-electron chi connectivity index (χ0n) is 13.1. The van der Waals surface area contributed by atoms with E-state index in [-0.39, 0.29) is 0 Å². The number of rotatable bonds is 6. The minimum atomic E-state index is 0.383. The summed E-state index contributed by atoms with van der Waals surface area (Å²) in [6.45, 7) is 6.49. The van der Waals surface area contributed by atoms with Crippen LogP contribution in [0.1, 0.15) is 31.4 Å². The average molecular weight is 357 g/mol. The van der Waals surface area contributed by atoms with Crippen LogP contribution in [0.5, 0.6) is 11.5 Å². The van der Waals surface area contributed by atoms with Gasteiger partial charge in [-0.3, -0.25) is 4.90 Å². The summed E-state index contributed by atoms with van der Waals surface area (Å²) in [4.78, 5) is 2.55. The molecule has 0 aliphatic carbocycles. The van der Waals surface area contributed by atoms with Gasteiger partial charge < -0.3 is 14.8 Å². The molecule has 1 aliphatic heterocycles. The number of methoxy groups -OCH3 is 2. The SMILES string of the molecule is CCC[C@@H](c1cc(OC)c(Br)cc1OC)N1CCNCC1. The fourth-order valence-electron chi connectivity index (χ4n) is 2.95. The number of hydrogen-bond donors (Lipinski definition) is 1. The lowest BCUT2D eigenvalue weighted by atomic mass is 9.98. The molecule has 1 aliphatic rings. The van der Waals surface area contributed by atoms with Crippen LogP contribution in [0, 0.1) is 0 Å². The molecule has 0 spiro atoms. The normalized spacial score (nSPS) is 17.5. The number of nitrogens with zero attached hydrogens (tertiary/aromatic N) is 1. The fraction of sp³-hybridized carbons (Fsp3) is 0.625. The van der Waals surface area contributed by atoms with Crippen molar-refractivity contribution in [3.63, 3.8) is 0 Å². The number of benzene rings is 1. The lowest BCUT2D eigenvalue weighted by Gasteiger charge is -2.36. The van der Waals surface area contributed by atoms with Crippen LogP contribution in [0.2, 0.25) is 0 Å². The first kappa shape index (κ1) is 16.6. The van der Waals surface area contributed by atoms with Gasteiger partial charge in [0.2, 0.25) is 0 Å². The van der Waals surface area contributed by atoms with E-state index in [9.17, 15) is 0 Å².